The number of thiocarbonyl (C=S) groups is 1. The van der Waals surface area contributed by atoms with E-state index in [1.54, 1.807) is 24.3 Å². The summed E-state index contributed by atoms with van der Waals surface area (Å²) in [5, 5.41) is 2.59. The number of nitrogens with one attached hydrogen (secondary N) is 1. The van der Waals surface area contributed by atoms with Crippen molar-refractivity contribution in [3.8, 4) is 17.2 Å². The summed E-state index contributed by atoms with van der Waals surface area (Å²) in [6.07, 6.45) is 1.45. The Morgan fingerprint density at radius 3 is 2.10 bits per heavy atom. The average molecular weight is 412 g/mol. The first kappa shape index (κ1) is 20.3. The molecule has 3 rings (SSSR count). The molecule has 1 aliphatic heterocycles. The molecule has 0 radical (unpaired) electrons. The predicted octanol–water partition coefficient (Wildman–Crippen LogP) is 2.85. The number of benzene rings is 2. The molecule has 0 atom stereocenters. The van der Waals surface area contributed by atoms with Crippen LogP contribution in [0.2, 0.25) is 0 Å². The highest BCUT2D eigenvalue weighted by Gasteiger charge is 2.34. The number of methoxy groups -OCH3 is 3. The van der Waals surface area contributed by atoms with Crippen molar-refractivity contribution >= 4 is 40.9 Å². The van der Waals surface area contributed by atoms with Gasteiger partial charge in [0.2, 0.25) is 0 Å². The first-order chi connectivity index (χ1) is 13.9. The van der Waals surface area contributed by atoms with Gasteiger partial charge in [0.05, 0.1) is 27.0 Å². The molecule has 0 bridgehead atoms. The van der Waals surface area contributed by atoms with E-state index < -0.39 is 11.8 Å². The van der Waals surface area contributed by atoms with Crippen molar-refractivity contribution in [1.82, 2.24) is 5.32 Å². The van der Waals surface area contributed by atoms with Gasteiger partial charge in [-0.1, -0.05) is 17.7 Å². The highest BCUT2D eigenvalue weighted by atomic mass is 32.1. The molecule has 2 aromatic rings. The van der Waals surface area contributed by atoms with Gasteiger partial charge in [0, 0.05) is 11.6 Å². The molecule has 1 aliphatic rings. The van der Waals surface area contributed by atoms with Crippen LogP contribution >= 0.6 is 12.2 Å². The second kappa shape index (κ2) is 8.32. The van der Waals surface area contributed by atoms with Crippen molar-refractivity contribution in [2.24, 2.45) is 0 Å². The third kappa shape index (κ3) is 3.93. The Morgan fingerprint density at radius 2 is 1.52 bits per heavy atom. The van der Waals surface area contributed by atoms with Crippen molar-refractivity contribution in [3.63, 3.8) is 0 Å². The van der Waals surface area contributed by atoms with E-state index in [2.05, 4.69) is 5.32 Å². The van der Waals surface area contributed by atoms with Crippen molar-refractivity contribution in [3.05, 3.63) is 53.1 Å². The predicted molar refractivity (Wildman–Crippen MR) is 113 cm³/mol. The van der Waals surface area contributed by atoms with Crippen LogP contribution in [0.1, 0.15) is 11.1 Å². The van der Waals surface area contributed by atoms with Crippen LogP contribution in [0.4, 0.5) is 5.69 Å². The fraction of sp³-hybridized carbons (Fsp3) is 0.190. The Hall–Kier alpha value is -3.39. The first-order valence-corrected chi connectivity index (χ1v) is 9.08. The number of rotatable bonds is 5. The third-order valence-electron chi connectivity index (χ3n) is 4.43. The average Bonchev–Trinajstić information content (AvgIpc) is 2.71. The molecule has 0 saturated carbocycles. The van der Waals surface area contributed by atoms with Crippen LogP contribution < -0.4 is 24.4 Å². The summed E-state index contributed by atoms with van der Waals surface area (Å²) in [5.74, 6) is 0.216. The molecule has 0 spiro atoms. The normalized spacial score (nSPS) is 15.4. The van der Waals surface area contributed by atoms with Gasteiger partial charge < -0.3 is 14.2 Å². The van der Waals surface area contributed by atoms with Gasteiger partial charge in [-0.3, -0.25) is 19.8 Å². The zero-order valence-corrected chi connectivity index (χ0v) is 17.3. The molecule has 1 N–H and O–H groups in total. The van der Waals surface area contributed by atoms with E-state index in [9.17, 15) is 9.59 Å². The summed E-state index contributed by atoms with van der Waals surface area (Å²) in [4.78, 5) is 26.9. The molecule has 2 aromatic carbocycles. The zero-order chi connectivity index (χ0) is 21.1. The van der Waals surface area contributed by atoms with Crippen molar-refractivity contribution < 1.29 is 23.8 Å². The lowest BCUT2D eigenvalue weighted by Crippen LogP contribution is -2.54. The molecule has 8 heteroatoms. The largest absolute Gasteiger partial charge is 0.496 e. The Morgan fingerprint density at radius 1 is 0.931 bits per heavy atom. The Kier molecular flexibility index (Phi) is 5.84. The number of aryl methyl sites for hydroxylation is 1. The molecule has 150 valence electrons. The van der Waals surface area contributed by atoms with Crippen LogP contribution in [0.5, 0.6) is 17.2 Å². The fourth-order valence-corrected chi connectivity index (χ4v) is 3.19. The Labute approximate surface area is 173 Å². The molecular weight excluding hydrogens is 392 g/mol. The van der Waals surface area contributed by atoms with Crippen LogP contribution in [0, 0.1) is 6.92 Å². The molecule has 0 aromatic heterocycles. The minimum absolute atomic E-state index is 0.0280. The summed E-state index contributed by atoms with van der Waals surface area (Å²) in [6, 6.07) is 10.5. The Bertz CT molecular complexity index is 1010. The molecule has 7 nitrogen and oxygen atoms in total. The monoisotopic (exact) mass is 412 g/mol. The number of hydrogen-bond donors (Lipinski definition) is 1. The van der Waals surface area contributed by atoms with Crippen molar-refractivity contribution in [2.45, 2.75) is 6.92 Å². The van der Waals surface area contributed by atoms with Gasteiger partial charge in [0.25, 0.3) is 11.8 Å². The molecule has 0 aliphatic carbocycles. The van der Waals surface area contributed by atoms with E-state index >= 15 is 0 Å². The maximum Gasteiger partial charge on any atom is 0.270 e. The van der Waals surface area contributed by atoms with Crippen LogP contribution in [0.15, 0.2) is 42.0 Å². The third-order valence-corrected chi connectivity index (χ3v) is 4.71. The second-order valence-corrected chi connectivity index (χ2v) is 6.63. The minimum Gasteiger partial charge on any atom is -0.496 e. The lowest BCUT2D eigenvalue weighted by atomic mass is 10.1. The fourth-order valence-electron chi connectivity index (χ4n) is 2.91. The van der Waals surface area contributed by atoms with E-state index in [1.807, 2.05) is 19.1 Å². The SMILES string of the molecule is COc1cc(OC)c(OC)cc1/C=C1/C(=O)NC(=S)N(c2ccc(C)cc2)C1=O. The Balaban J connectivity index is 2.08. The molecule has 1 saturated heterocycles. The molecule has 2 amide bonds. The van der Waals surface area contributed by atoms with E-state index in [-0.39, 0.29) is 10.7 Å². The highest BCUT2D eigenvalue weighted by molar-refractivity contribution is 7.80. The van der Waals surface area contributed by atoms with Gasteiger partial charge in [0.1, 0.15) is 11.3 Å². The molecular formula is C21H20N2O5S. The van der Waals surface area contributed by atoms with Crippen LogP contribution in [-0.4, -0.2) is 38.3 Å². The maximum absolute atomic E-state index is 13.1. The van der Waals surface area contributed by atoms with Crippen LogP contribution in [-0.2, 0) is 9.59 Å². The lowest BCUT2D eigenvalue weighted by molar-refractivity contribution is -0.122. The highest BCUT2D eigenvalue weighted by Crippen LogP contribution is 2.36. The standard InChI is InChI=1S/C21H20N2O5S/c1-12-5-7-14(8-6-12)23-20(25)15(19(24)22-21(23)29)9-13-10-17(27-3)18(28-4)11-16(13)26-2/h5-11H,1-4H3,(H,22,24,29)/b15-9-. The van der Waals surface area contributed by atoms with E-state index in [0.29, 0.717) is 28.5 Å². The maximum atomic E-state index is 13.1. The summed E-state index contributed by atoms with van der Waals surface area (Å²) in [7, 11) is 4.49. The molecule has 29 heavy (non-hydrogen) atoms. The number of nitrogens with zero attached hydrogens (tertiary/aromatic N) is 1. The van der Waals surface area contributed by atoms with Gasteiger partial charge >= 0.3 is 0 Å². The smallest absolute Gasteiger partial charge is 0.270 e. The molecule has 0 unspecified atom stereocenters. The van der Waals surface area contributed by atoms with Crippen LogP contribution in [0.25, 0.3) is 6.08 Å². The van der Waals surface area contributed by atoms with Gasteiger partial charge in [-0.2, -0.15) is 0 Å². The summed E-state index contributed by atoms with van der Waals surface area (Å²) >= 11 is 5.22. The number of hydrogen-bond acceptors (Lipinski definition) is 6. The number of carbonyl (C=O) groups is 2. The number of ether oxygens (including phenoxy) is 3. The van der Waals surface area contributed by atoms with E-state index in [1.165, 1.54) is 32.3 Å². The molecule has 1 heterocycles. The lowest BCUT2D eigenvalue weighted by Gasteiger charge is -2.29. The van der Waals surface area contributed by atoms with E-state index in [0.717, 1.165) is 5.56 Å². The minimum atomic E-state index is -0.583. The quantitative estimate of drug-likeness (QED) is 0.462. The van der Waals surface area contributed by atoms with E-state index in [4.69, 9.17) is 26.4 Å². The summed E-state index contributed by atoms with van der Waals surface area (Å²) in [6.45, 7) is 1.94. The first-order valence-electron chi connectivity index (χ1n) is 8.67. The number of anilines is 1. The van der Waals surface area contributed by atoms with Gasteiger partial charge in [0.15, 0.2) is 16.6 Å². The van der Waals surface area contributed by atoms with Gasteiger partial charge in [-0.05, 0) is 43.4 Å². The summed E-state index contributed by atoms with van der Waals surface area (Å²) in [5.41, 5.74) is 2.01. The van der Waals surface area contributed by atoms with Crippen LogP contribution in [0.3, 0.4) is 0 Å². The zero-order valence-electron chi connectivity index (χ0n) is 16.4. The second-order valence-electron chi connectivity index (χ2n) is 6.24. The van der Waals surface area contributed by atoms with Crippen molar-refractivity contribution in [2.75, 3.05) is 26.2 Å². The van der Waals surface area contributed by atoms with Gasteiger partial charge in [-0.25, -0.2) is 0 Å². The topological polar surface area (TPSA) is 77.1 Å². The summed E-state index contributed by atoms with van der Waals surface area (Å²) < 4.78 is 16.0. The van der Waals surface area contributed by atoms with Crippen molar-refractivity contribution in [1.29, 1.82) is 0 Å². The number of carbonyl (C=O) groups excluding carboxylic acids is 2. The number of amides is 2. The van der Waals surface area contributed by atoms with Gasteiger partial charge in [-0.15, -0.1) is 0 Å². The molecule has 1 fully saturated rings.